The van der Waals surface area contributed by atoms with Gasteiger partial charge in [-0.1, -0.05) is 19.8 Å². The van der Waals surface area contributed by atoms with Crippen molar-refractivity contribution in [1.82, 2.24) is 9.78 Å². The molecule has 162 valence electrons. The van der Waals surface area contributed by atoms with Gasteiger partial charge in [-0.3, -0.25) is 4.79 Å². The Morgan fingerprint density at radius 1 is 1.13 bits per heavy atom. The van der Waals surface area contributed by atoms with Crippen molar-refractivity contribution < 1.29 is 14.7 Å². The normalized spacial score (nSPS) is 19.4. The lowest BCUT2D eigenvalue weighted by atomic mass is 9.76. The van der Waals surface area contributed by atoms with Crippen LogP contribution in [0, 0.1) is 11.8 Å². The molecule has 7 nitrogen and oxygen atoms in total. The maximum atomic E-state index is 13.1. The van der Waals surface area contributed by atoms with Crippen molar-refractivity contribution in [2.24, 2.45) is 11.8 Å². The van der Waals surface area contributed by atoms with Gasteiger partial charge in [0, 0.05) is 31.9 Å². The summed E-state index contributed by atoms with van der Waals surface area (Å²) in [5, 5.41) is 17.3. The molecular formula is C23H32N4O3. The maximum absolute atomic E-state index is 13.1. The van der Waals surface area contributed by atoms with E-state index in [9.17, 15) is 14.7 Å². The van der Waals surface area contributed by atoms with Crippen LogP contribution in [0.3, 0.4) is 0 Å². The van der Waals surface area contributed by atoms with E-state index in [1.807, 2.05) is 57.1 Å². The van der Waals surface area contributed by atoms with E-state index in [0.717, 1.165) is 37.1 Å². The molecule has 1 aliphatic carbocycles. The van der Waals surface area contributed by atoms with Gasteiger partial charge < -0.3 is 15.3 Å². The number of carbonyl (C=O) groups excluding carboxylic acids is 1. The molecule has 2 N–H and O–H groups in total. The molecule has 1 heterocycles. The van der Waals surface area contributed by atoms with Gasteiger partial charge in [-0.2, -0.15) is 0 Å². The van der Waals surface area contributed by atoms with E-state index >= 15 is 0 Å². The standard InChI is InChI=1S/C23H32N4O3/c1-15-6-8-16(9-7-15)20(28)23(2,3)24-21-19(22(29)30)14-27(25-21)18-12-10-17(11-13-18)26(4)5/h10-16H,6-9H2,1-5H3,(H,24,25)(H,29,30). The average Bonchev–Trinajstić information content (AvgIpc) is 3.11. The first kappa shape index (κ1) is 21.9. The van der Waals surface area contributed by atoms with E-state index in [0.29, 0.717) is 5.92 Å². The number of aromatic carboxylic acids is 1. The SMILES string of the molecule is CC1CCC(C(=O)C(C)(C)Nc2nn(-c3ccc(N(C)C)cc3)cc2C(=O)O)CC1. The summed E-state index contributed by atoms with van der Waals surface area (Å²) in [6.45, 7) is 5.84. The molecule has 1 fully saturated rings. The van der Waals surface area contributed by atoms with Gasteiger partial charge in [0.15, 0.2) is 11.6 Å². The molecule has 1 aliphatic rings. The molecule has 0 saturated heterocycles. The molecule has 7 heteroatoms. The highest BCUT2D eigenvalue weighted by molar-refractivity contribution is 5.96. The van der Waals surface area contributed by atoms with Gasteiger partial charge in [-0.15, -0.1) is 5.10 Å². The van der Waals surface area contributed by atoms with Crippen LogP contribution in [0.5, 0.6) is 0 Å². The van der Waals surface area contributed by atoms with Crippen LogP contribution in [0.4, 0.5) is 11.5 Å². The van der Waals surface area contributed by atoms with E-state index in [1.54, 1.807) is 0 Å². The zero-order chi connectivity index (χ0) is 22.1. The summed E-state index contributed by atoms with van der Waals surface area (Å²) < 4.78 is 1.54. The molecule has 2 aromatic rings. The van der Waals surface area contributed by atoms with Crippen molar-refractivity contribution in [3.05, 3.63) is 36.0 Å². The number of nitrogens with one attached hydrogen (secondary N) is 1. The third-order valence-corrected chi connectivity index (χ3v) is 6.01. The van der Waals surface area contributed by atoms with E-state index < -0.39 is 11.5 Å². The predicted octanol–water partition coefficient (Wildman–Crippen LogP) is 4.22. The number of ketones is 1. The average molecular weight is 413 g/mol. The second kappa shape index (κ2) is 8.50. The van der Waals surface area contributed by atoms with Crippen LogP contribution in [0.15, 0.2) is 30.5 Å². The minimum atomic E-state index is -1.08. The molecule has 0 unspecified atom stereocenters. The summed E-state index contributed by atoms with van der Waals surface area (Å²) in [5.41, 5.74) is 0.936. The molecule has 30 heavy (non-hydrogen) atoms. The Morgan fingerprint density at radius 3 is 2.27 bits per heavy atom. The minimum absolute atomic E-state index is 0.0117. The molecule has 1 aromatic carbocycles. The van der Waals surface area contributed by atoms with Crippen molar-refractivity contribution in [3.8, 4) is 5.69 Å². The zero-order valence-corrected chi connectivity index (χ0v) is 18.5. The van der Waals surface area contributed by atoms with E-state index in [4.69, 9.17) is 0 Å². The van der Waals surface area contributed by atoms with Gasteiger partial charge in [0.25, 0.3) is 0 Å². The number of anilines is 2. The Bertz CT molecular complexity index is 907. The largest absolute Gasteiger partial charge is 0.477 e. The third kappa shape index (κ3) is 4.66. The Morgan fingerprint density at radius 2 is 1.73 bits per heavy atom. The fourth-order valence-electron chi connectivity index (χ4n) is 4.05. The van der Waals surface area contributed by atoms with Gasteiger partial charge in [0.1, 0.15) is 5.56 Å². The second-order valence-corrected chi connectivity index (χ2v) is 9.12. The summed E-state index contributed by atoms with van der Waals surface area (Å²) in [7, 11) is 3.92. The summed E-state index contributed by atoms with van der Waals surface area (Å²) in [6, 6.07) is 7.67. The fourth-order valence-corrected chi connectivity index (χ4v) is 4.05. The minimum Gasteiger partial charge on any atom is -0.477 e. The smallest absolute Gasteiger partial charge is 0.341 e. The van der Waals surface area contributed by atoms with Gasteiger partial charge >= 0.3 is 5.97 Å². The van der Waals surface area contributed by atoms with E-state index in [-0.39, 0.29) is 23.1 Å². The van der Waals surface area contributed by atoms with E-state index in [1.165, 1.54) is 10.9 Å². The van der Waals surface area contributed by atoms with Crippen molar-refractivity contribution in [2.45, 2.75) is 52.0 Å². The van der Waals surface area contributed by atoms with Crippen LogP contribution >= 0.6 is 0 Å². The molecule has 3 rings (SSSR count). The number of carboxylic acids is 1. The highest BCUT2D eigenvalue weighted by atomic mass is 16.4. The van der Waals surface area contributed by atoms with Gasteiger partial charge in [-0.25, -0.2) is 9.48 Å². The predicted molar refractivity (Wildman–Crippen MR) is 119 cm³/mol. The number of carboxylic acid groups (broad SMARTS) is 1. The summed E-state index contributed by atoms with van der Waals surface area (Å²) >= 11 is 0. The molecule has 0 spiro atoms. The lowest BCUT2D eigenvalue weighted by Gasteiger charge is -2.33. The molecule has 0 radical (unpaired) electrons. The summed E-state index contributed by atoms with van der Waals surface area (Å²) in [5.74, 6) is -0.0725. The first-order valence-electron chi connectivity index (χ1n) is 10.5. The Hall–Kier alpha value is -2.83. The van der Waals surface area contributed by atoms with E-state index in [2.05, 4.69) is 17.3 Å². The fraction of sp³-hybridized carbons (Fsp3) is 0.522. The monoisotopic (exact) mass is 412 g/mol. The van der Waals surface area contributed by atoms with Crippen molar-refractivity contribution in [1.29, 1.82) is 0 Å². The first-order valence-corrected chi connectivity index (χ1v) is 10.5. The summed E-state index contributed by atoms with van der Waals surface area (Å²) in [4.78, 5) is 26.9. The highest BCUT2D eigenvalue weighted by Crippen LogP contribution is 2.33. The molecule has 0 atom stereocenters. The van der Waals surface area contributed by atoms with Crippen LogP contribution in [0.2, 0.25) is 0 Å². The van der Waals surface area contributed by atoms with Crippen LogP contribution < -0.4 is 10.2 Å². The number of benzene rings is 1. The summed E-state index contributed by atoms with van der Waals surface area (Å²) in [6.07, 6.45) is 5.39. The van der Waals surface area contributed by atoms with Gasteiger partial charge in [-0.05, 0) is 56.9 Å². The number of hydrogen-bond acceptors (Lipinski definition) is 5. The Balaban J connectivity index is 1.84. The number of nitrogens with zero attached hydrogens (tertiary/aromatic N) is 3. The molecular weight excluding hydrogens is 380 g/mol. The van der Waals surface area contributed by atoms with Crippen LogP contribution in [0.25, 0.3) is 5.69 Å². The Labute approximate surface area is 178 Å². The Kier molecular flexibility index (Phi) is 6.19. The van der Waals surface area contributed by atoms with Gasteiger partial charge in [0.05, 0.1) is 11.2 Å². The van der Waals surface area contributed by atoms with Crippen molar-refractivity contribution in [2.75, 3.05) is 24.3 Å². The lowest BCUT2D eigenvalue weighted by Crippen LogP contribution is -2.45. The third-order valence-electron chi connectivity index (χ3n) is 6.01. The van der Waals surface area contributed by atoms with Gasteiger partial charge in [0.2, 0.25) is 0 Å². The number of hydrogen-bond donors (Lipinski definition) is 2. The lowest BCUT2D eigenvalue weighted by molar-refractivity contribution is -0.127. The van der Waals surface area contributed by atoms with Crippen molar-refractivity contribution in [3.63, 3.8) is 0 Å². The van der Waals surface area contributed by atoms with Crippen LogP contribution in [-0.4, -0.2) is 46.3 Å². The second-order valence-electron chi connectivity index (χ2n) is 9.12. The quantitative estimate of drug-likeness (QED) is 0.708. The first-order chi connectivity index (χ1) is 14.1. The maximum Gasteiger partial charge on any atom is 0.341 e. The number of carbonyl (C=O) groups is 2. The number of aromatic nitrogens is 2. The molecule has 0 aliphatic heterocycles. The number of Topliss-reactive ketones (excluding diaryl/α,β-unsaturated/α-hetero) is 1. The number of rotatable bonds is 7. The molecule has 1 aromatic heterocycles. The van der Waals surface area contributed by atoms with Crippen molar-refractivity contribution >= 4 is 23.3 Å². The zero-order valence-electron chi connectivity index (χ0n) is 18.5. The van der Waals surface area contributed by atoms with Crippen LogP contribution in [-0.2, 0) is 4.79 Å². The topological polar surface area (TPSA) is 87.5 Å². The molecule has 0 bridgehead atoms. The molecule has 0 amide bonds. The van der Waals surface area contributed by atoms with Crippen LogP contribution in [0.1, 0.15) is 56.8 Å². The highest BCUT2D eigenvalue weighted by Gasteiger charge is 2.36. The molecule has 1 saturated carbocycles.